The lowest BCUT2D eigenvalue weighted by Gasteiger charge is -2.29. The summed E-state index contributed by atoms with van der Waals surface area (Å²) >= 11 is 12.0. The maximum absolute atomic E-state index is 14.6. The molecule has 9 heteroatoms. The van der Waals surface area contributed by atoms with Crippen LogP contribution in [0.2, 0.25) is 10.0 Å². The monoisotopic (exact) mass is 474 g/mol. The molecule has 0 bridgehead atoms. The van der Waals surface area contributed by atoms with Crippen LogP contribution in [0.4, 0.5) is 8.78 Å². The molecule has 1 unspecified atom stereocenters. The van der Waals surface area contributed by atoms with Crippen LogP contribution in [-0.4, -0.2) is 24.4 Å². The molecule has 0 radical (unpaired) electrons. The Morgan fingerprint density at radius 3 is 2.50 bits per heavy atom. The quantitative estimate of drug-likeness (QED) is 0.388. The minimum atomic E-state index is -1.70. The first-order chi connectivity index (χ1) is 15.3. The molecule has 0 aliphatic heterocycles. The van der Waals surface area contributed by atoms with Gasteiger partial charge in [-0.15, -0.1) is 0 Å². The van der Waals surface area contributed by atoms with Gasteiger partial charge in [0.1, 0.15) is 29.9 Å². The summed E-state index contributed by atoms with van der Waals surface area (Å²) in [5.41, 5.74) is 0.00724. The summed E-state index contributed by atoms with van der Waals surface area (Å²) in [6.45, 7) is -0.0573. The number of nitrogens with zero attached hydrogens (tertiary/aromatic N) is 4. The SMILES string of the molecule is OC(Cn1ccc(/C=C/c2ccc(Cl)c(Cl)c2)c1)(Cn1cncn1)c1ccc(F)cc1F. The van der Waals surface area contributed by atoms with Crippen LogP contribution in [0, 0.1) is 11.6 Å². The van der Waals surface area contributed by atoms with Crippen molar-refractivity contribution in [2.45, 2.75) is 18.7 Å². The number of rotatable bonds is 7. The largest absolute Gasteiger partial charge is 0.381 e. The van der Waals surface area contributed by atoms with Crippen molar-refractivity contribution >= 4 is 35.4 Å². The molecule has 1 atom stereocenters. The Balaban J connectivity index is 1.59. The lowest BCUT2D eigenvalue weighted by atomic mass is 9.92. The van der Waals surface area contributed by atoms with Crippen LogP contribution >= 0.6 is 23.2 Å². The first-order valence-electron chi connectivity index (χ1n) is 9.62. The van der Waals surface area contributed by atoms with Crippen molar-refractivity contribution in [3.05, 3.63) is 106 Å². The first-order valence-corrected chi connectivity index (χ1v) is 10.4. The predicted octanol–water partition coefficient (Wildman–Crippen LogP) is 5.42. The van der Waals surface area contributed by atoms with Crippen molar-refractivity contribution in [2.24, 2.45) is 0 Å². The second-order valence-corrected chi connectivity index (χ2v) is 8.19. The molecule has 4 aromatic rings. The van der Waals surface area contributed by atoms with Crippen LogP contribution in [0.15, 0.2) is 67.5 Å². The molecule has 0 amide bonds. The molecular formula is C23H18Cl2F2N4O. The molecular weight excluding hydrogens is 457 g/mol. The highest BCUT2D eigenvalue weighted by atomic mass is 35.5. The average Bonchev–Trinajstić information content (AvgIpc) is 3.40. The molecule has 164 valence electrons. The third-order valence-electron chi connectivity index (χ3n) is 4.95. The van der Waals surface area contributed by atoms with Gasteiger partial charge in [0, 0.05) is 24.0 Å². The summed E-state index contributed by atoms with van der Waals surface area (Å²) in [6.07, 6.45) is 10.1. The zero-order chi connectivity index (χ0) is 22.7. The van der Waals surface area contributed by atoms with Crippen LogP contribution < -0.4 is 0 Å². The minimum absolute atomic E-state index is 0.00995. The lowest BCUT2D eigenvalue weighted by Crippen LogP contribution is -2.37. The Kier molecular flexibility index (Phi) is 6.41. The summed E-state index contributed by atoms with van der Waals surface area (Å²) < 4.78 is 31.1. The van der Waals surface area contributed by atoms with Crippen LogP contribution in [0.5, 0.6) is 0 Å². The predicted molar refractivity (Wildman–Crippen MR) is 120 cm³/mol. The smallest absolute Gasteiger partial charge is 0.137 e. The van der Waals surface area contributed by atoms with Gasteiger partial charge in [0.15, 0.2) is 0 Å². The summed E-state index contributed by atoms with van der Waals surface area (Å²) in [4.78, 5) is 3.87. The normalized spacial score (nSPS) is 13.5. The summed E-state index contributed by atoms with van der Waals surface area (Å²) in [5, 5.41) is 16.4. The van der Waals surface area contributed by atoms with E-state index in [0.29, 0.717) is 10.0 Å². The van der Waals surface area contributed by atoms with Gasteiger partial charge in [0.25, 0.3) is 0 Å². The standard InChI is InChI=1S/C23H18Cl2F2N4O/c24-20-6-3-16(9-21(20)25)1-2-17-7-8-30(11-17)12-23(32,13-31-15-28-14-29-31)19-5-4-18(26)10-22(19)27/h1-11,14-15,32H,12-13H2/b2-1+. The van der Waals surface area contributed by atoms with E-state index < -0.39 is 17.2 Å². The molecule has 0 spiro atoms. The lowest BCUT2D eigenvalue weighted by molar-refractivity contribution is -0.00534. The van der Waals surface area contributed by atoms with Crippen molar-refractivity contribution in [2.75, 3.05) is 0 Å². The second kappa shape index (κ2) is 9.24. The molecule has 0 aliphatic carbocycles. The topological polar surface area (TPSA) is 55.9 Å². The van der Waals surface area contributed by atoms with Crippen LogP contribution in [0.3, 0.4) is 0 Å². The molecule has 0 saturated carbocycles. The molecule has 0 aliphatic rings. The molecule has 2 aromatic carbocycles. The number of hydrogen-bond acceptors (Lipinski definition) is 3. The van der Waals surface area contributed by atoms with Gasteiger partial charge in [-0.05, 0) is 35.4 Å². The van der Waals surface area contributed by atoms with E-state index in [2.05, 4.69) is 10.1 Å². The molecule has 0 fully saturated rings. The third kappa shape index (κ3) is 5.07. The molecule has 1 N–H and O–H groups in total. The van der Waals surface area contributed by atoms with Crippen LogP contribution in [0.1, 0.15) is 16.7 Å². The number of aromatic nitrogens is 4. The number of benzene rings is 2. The van der Waals surface area contributed by atoms with Crippen molar-refractivity contribution < 1.29 is 13.9 Å². The Morgan fingerprint density at radius 2 is 1.78 bits per heavy atom. The maximum Gasteiger partial charge on any atom is 0.137 e. The number of hydrogen-bond donors (Lipinski definition) is 1. The highest BCUT2D eigenvalue weighted by Crippen LogP contribution is 2.29. The first kappa shape index (κ1) is 22.2. The van der Waals surface area contributed by atoms with E-state index in [9.17, 15) is 13.9 Å². The van der Waals surface area contributed by atoms with E-state index in [-0.39, 0.29) is 18.7 Å². The molecule has 2 aromatic heterocycles. The average molecular weight is 475 g/mol. The Hall–Kier alpha value is -3.00. The van der Waals surface area contributed by atoms with E-state index >= 15 is 0 Å². The molecule has 5 nitrogen and oxygen atoms in total. The molecule has 32 heavy (non-hydrogen) atoms. The maximum atomic E-state index is 14.6. The van der Waals surface area contributed by atoms with Crippen LogP contribution in [-0.2, 0) is 18.7 Å². The minimum Gasteiger partial charge on any atom is -0.381 e. The Labute approximate surface area is 193 Å². The van der Waals surface area contributed by atoms with Crippen molar-refractivity contribution in [3.63, 3.8) is 0 Å². The number of halogens is 4. The molecule has 2 heterocycles. The van der Waals surface area contributed by atoms with Gasteiger partial charge in [-0.1, -0.05) is 47.5 Å². The second-order valence-electron chi connectivity index (χ2n) is 7.37. The zero-order valence-electron chi connectivity index (χ0n) is 16.7. The highest BCUT2D eigenvalue weighted by Gasteiger charge is 2.34. The van der Waals surface area contributed by atoms with E-state index in [1.807, 2.05) is 30.5 Å². The van der Waals surface area contributed by atoms with Gasteiger partial charge in [0.2, 0.25) is 0 Å². The van der Waals surface area contributed by atoms with Gasteiger partial charge in [-0.3, -0.25) is 0 Å². The van der Waals surface area contributed by atoms with Crippen molar-refractivity contribution in [3.8, 4) is 0 Å². The van der Waals surface area contributed by atoms with Gasteiger partial charge in [0.05, 0.1) is 23.1 Å². The Morgan fingerprint density at radius 1 is 0.969 bits per heavy atom. The summed E-state index contributed by atoms with van der Waals surface area (Å²) in [7, 11) is 0. The Bertz CT molecular complexity index is 1260. The van der Waals surface area contributed by atoms with Crippen LogP contribution in [0.25, 0.3) is 12.2 Å². The zero-order valence-corrected chi connectivity index (χ0v) is 18.2. The highest BCUT2D eigenvalue weighted by molar-refractivity contribution is 6.42. The number of aliphatic hydroxyl groups is 1. The van der Waals surface area contributed by atoms with Gasteiger partial charge in [-0.2, -0.15) is 5.10 Å². The summed E-state index contributed by atoms with van der Waals surface area (Å²) in [6, 6.07) is 10.3. The molecule has 0 saturated heterocycles. The van der Waals surface area contributed by atoms with Crippen molar-refractivity contribution in [1.82, 2.24) is 19.3 Å². The third-order valence-corrected chi connectivity index (χ3v) is 5.69. The van der Waals surface area contributed by atoms with Gasteiger partial charge >= 0.3 is 0 Å². The van der Waals surface area contributed by atoms with E-state index in [0.717, 1.165) is 23.3 Å². The van der Waals surface area contributed by atoms with Gasteiger partial charge in [-0.25, -0.2) is 18.4 Å². The fraction of sp³-hybridized carbons (Fsp3) is 0.130. The fourth-order valence-electron chi connectivity index (χ4n) is 3.44. The molecule has 4 rings (SSSR count). The van der Waals surface area contributed by atoms with E-state index in [4.69, 9.17) is 23.2 Å². The van der Waals surface area contributed by atoms with E-state index in [1.54, 1.807) is 22.9 Å². The fourth-order valence-corrected chi connectivity index (χ4v) is 3.74. The van der Waals surface area contributed by atoms with E-state index in [1.165, 1.54) is 23.4 Å². The summed E-state index contributed by atoms with van der Waals surface area (Å²) in [5.74, 6) is -1.55. The van der Waals surface area contributed by atoms with Gasteiger partial charge < -0.3 is 9.67 Å². The van der Waals surface area contributed by atoms with Crippen molar-refractivity contribution in [1.29, 1.82) is 0 Å².